The predicted octanol–water partition coefficient (Wildman–Crippen LogP) is 1.92. The van der Waals surface area contributed by atoms with E-state index in [4.69, 9.17) is 5.73 Å². The highest BCUT2D eigenvalue weighted by molar-refractivity contribution is 5.00. The van der Waals surface area contributed by atoms with Crippen LogP contribution in [0, 0.1) is 5.41 Å². The lowest BCUT2D eigenvalue weighted by Gasteiger charge is -2.42. The second-order valence-electron chi connectivity index (χ2n) is 6.95. The summed E-state index contributed by atoms with van der Waals surface area (Å²) in [5, 5.41) is 0. The molecule has 1 heterocycles. The summed E-state index contributed by atoms with van der Waals surface area (Å²) in [6, 6.07) is 1.72. The van der Waals surface area contributed by atoms with Crippen LogP contribution in [0.2, 0.25) is 0 Å². The van der Waals surface area contributed by atoms with Gasteiger partial charge in [0.25, 0.3) is 0 Å². The van der Waals surface area contributed by atoms with Gasteiger partial charge in [0.2, 0.25) is 0 Å². The monoisotopic (exact) mass is 253 g/mol. The van der Waals surface area contributed by atoms with Gasteiger partial charge in [0, 0.05) is 44.3 Å². The normalized spacial score (nSPS) is 35.8. The van der Waals surface area contributed by atoms with Crippen LogP contribution in [0.4, 0.5) is 0 Å². The van der Waals surface area contributed by atoms with Gasteiger partial charge in [0.1, 0.15) is 0 Å². The molecule has 0 amide bonds. The van der Waals surface area contributed by atoms with Crippen molar-refractivity contribution in [3.8, 4) is 0 Å². The van der Waals surface area contributed by atoms with Gasteiger partial charge in [-0.1, -0.05) is 20.8 Å². The van der Waals surface area contributed by atoms with E-state index in [2.05, 4.69) is 37.5 Å². The van der Waals surface area contributed by atoms with Gasteiger partial charge in [0.05, 0.1) is 0 Å². The molecule has 3 heteroatoms. The largest absolute Gasteiger partial charge is 0.326 e. The summed E-state index contributed by atoms with van der Waals surface area (Å²) in [5.74, 6) is 0. The molecule has 0 aromatic carbocycles. The smallest absolute Gasteiger partial charge is 0.0253 e. The van der Waals surface area contributed by atoms with Crippen molar-refractivity contribution in [2.24, 2.45) is 11.1 Å². The Morgan fingerprint density at radius 1 is 1.22 bits per heavy atom. The lowest BCUT2D eigenvalue weighted by molar-refractivity contribution is 0.0642. The SMILES string of the molecule is CCC(C)N1CCN(C2CCC(C)(C)C2N)CC1. The van der Waals surface area contributed by atoms with Crippen LogP contribution >= 0.6 is 0 Å². The second kappa shape index (κ2) is 5.48. The Morgan fingerprint density at radius 3 is 2.28 bits per heavy atom. The van der Waals surface area contributed by atoms with E-state index < -0.39 is 0 Å². The summed E-state index contributed by atoms with van der Waals surface area (Å²) >= 11 is 0. The molecule has 0 aromatic heterocycles. The molecule has 3 nitrogen and oxygen atoms in total. The zero-order valence-electron chi connectivity index (χ0n) is 12.7. The van der Waals surface area contributed by atoms with Gasteiger partial charge in [-0.15, -0.1) is 0 Å². The highest BCUT2D eigenvalue weighted by atomic mass is 15.3. The van der Waals surface area contributed by atoms with Gasteiger partial charge in [-0.05, 0) is 31.6 Å². The predicted molar refractivity (Wildman–Crippen MR) is 77.7 cm³/mol. The molecule has 2 aliphatic rings. The maximum Gasteiger partial charge on any atom is 0.0253 e. The van der Waals surface area contributed by atoms with E-state index >= 15 is 0 Å². The van der Waals surface area contributed by atoms with Gasteiger partial charge in [-0.25, -0.2) is 0 Å². The molecule has 106 valence electrons. The van der Waals surface area contributed by atoms with E-state index in [-0.39, 0.29) is 0 Å². The lowest BCUT2D eigenvalue weighted by Crippen LogP contribution is -2.56. The van der Waals surface area contributed by atoms with Gasteiger partial charge >= 0.3 is 0 Å². The Bertz CT molecular complexity index is 269. The number of piperazine rings is 1. The van der Waals surface area contributed by atoms with Crippen LogP contribution in [0.3, 0.4) is 0 Å². The van der Waals surface area contributed by atoms with Gasteiger partial charge in [-0.2, -0.15) is 0 Å². The summed E-state index contributed by atoms with van der Waals surface area (Å²) in [6.45, 7) is 14.1. The first-order valence-electron chi connectivity index (χ1n) is 7.69. The zero-order valence-corrected chi connectivity index (χ0v) is 12.7. The van der Waals surface area contributed by atoms with Crippen LogP contribution in [-0.4, -0.2) is 54.1 Å². The molecule has 1 aliphatic heterocycles. The molecule has 1 saturated carbocycles. The average molecular weight is 253 g/mol. The summed E-state index contributed by atoms with van der Waals surface area (Å²) in [7, 11) is 0. The highest BCUT2D eigenvalue weighted by Gasteiger charge is 2.42. The minimum absolute atomic E-state index is 0.332. The van der Waals surface area contributed by atoms with Crippen molar-refractivity contribution < 1.29 is 0 Å². The summed E-state index contributed by atoms with van der Waals surface area (Å²) in [4.78, 5) is 5.28. The van der Waals surface area contributed by atoms with E-state index in [0.717, 1.165) is 6.04 Å². The molecule has 1 saturated heterocycles. The van der Waals surface area contributed by atoms with Crippen LogP contribution in [0.1, 0.15) is 47.0 Å². The Kier molecular flexibility index (Phi) is 4.35. The molecule has 1 aliphatic carbocycles. The standard InChI is InChI=1S/C15H31N3/c1-5-12(2)17-8-10-18(11-9-17)13-6-7-15(3,4)14(13)16/h12-14H,5-11,16H2,1-4H3. The third-order valence-electron chi connectivity index (χ3n) is 5.43. The highest BCUT2D eigenvalue weighted by Crippen LogP contribution is 2.38. The Balaban J connectivity index is 1.87. The van der Waals surface area contributed by atoms with Gasteiger partial charge < -0.3 is 5.73 Å². The van der Waals surface area contributed by atoms with Crippen molar-refractivity contribution in [1.29, 1.82) is 0 Å². The van der Waals surface area contributed by atoms with Crippen molar-refractivity contribution in [3.63, 3.8) is 0 Å². The van der Waals surface area contributed by atoms with Crippen molar-refractivity contribution >= 4 is 0 Å². The fourth-order valence-corrected chi connectivity index (χ4v) is 3.56. The maximum absolute atomic E-state index is 6.45. The van der Waals surface area contributed by atoms with Gasteiger partial charge in [-0.3, -0.25) is 9.80 Å². The van der Waals surface area contributed by atoms with Crippen molar-refractivity contribution in [1.82, 2.24) is 9.80 Å². The molecular formula is C15H31N3. The van der Waals surface area contributed by atoms with E-state index in [0.29, 0.717) is 17.5 Å². The van der Waals surface area contributed by atoms with Crippen molar-refractivity contribution in [2.75, 3.05) is 26.2 Å². The molecule has 3 unspecified atom stereocenters. The van der Waals surface area contributed by atoms with Crippen LogP contribution in [0.15, 0.2) is 0 Å². The fourth-order valence-electron chi connectivity index (χ4n) is 3.56. The van der Waals surface area contributed by atoms with Crippen molar-refractivity contribution in [3.05, 3.63) is 0 Å². The Morgan fingerprint density at radius 2 is 1.83 bits per heavy atom. The first-order chi connectivity index (χ1) is 8.45. The number of nitrogens with two attached hydrogens (primary N) is 1. The third kappa shape index (κ3) is 2.73. The summed E-state index contributed by atoms with van der Waals surface area (Å²) < 4.78 is 0. The Labute approximate surface area is 113 Å². The first kappa shape index (κ1) is 14.3. The topological polar surface area (TPSA) is 32.5 Å². The fraction of sp³-hybridized carbons (Fsp3) is 1.00. The van der Waals surface area contributed by atoms with E-state index in [1.165, 1.54) is 45.4 Å². The number of rotatable bonds is 3. The number of hydrogen-bond donors (Lipinski definition) is 1. The molecule has 0 radical (unpaired) electrons. The molecule has 2 rings (SSSR count). The molecule has 18 heavy (non-hydrogen) atoms. The summed E-state index contributed by atoms with van der Waals surface area (Å²) in [5.41, 5.74) is 6.78. The van der Waals surface area contributed by atoms with Crippen LogP contribution in [-0.2, 0) is 0 Å². The van der Waals surface area contributed by atoms with Gasteiger partial charge in [0.15, 0.2) is 0 Å². The third-order valence-corrected chi connectivity index (χ3v) is 5.43. The van der Waals surface area contributed by atoms with Crippen LogP contribution in [0.25, 0.3) is 0 Å². The molecule has 2 fully saturated rings. The van der Waals surface area contributed by atoms with Crippen LogP contribution in [0.5, 0.6) is 0 Å². The van der Waals surface area contributed by atoms with E-state index in [1.54, 1.807) is 0 Å². The quantitative estimate of drug-likeness (QED) is 0.834. The minimum atomic E-state index is 0.332. The second-order valence-corrected chi connectivity index (χ2v) is 6.95. The molecule has 0 bridgehead atoms. The number of nitrogens with zero attached hydrogens (tertiary/aromatic N) is 2. The molecule has 0 spiro atoms. The average Bonchev–Trinajstić information content (AvgIpc) is 2.64. The van der Waals surface area contributed by atoms with Crippen LogP contribution < -0.4 is 5.73 Å². The number of hydrogen-bond acceptors (Lipinski definition) is 3. The minimum Gasteiger partial charge on any atom is -0.326 e. The molecule has 0 aromatic rings. The molecule has 3 atom stereocenters. The molecular weight excluding hydrogens is 222 g/mol. The first-order valence-corrected chi connectivity index (χ1v) is 7.69. The van der Waals surface area contributed by atoms with E-state index in [9.17, 15) is 0 Å². The van der Waals surface area contributed by atoms with Crippen molar-refractivity contribution in [2.45, 2.75) is 65.1 Å². The summed E-state index contributed by atoms with van der Waals surface area (Å²) in [6.07, 6.45) is 3.83. The Hall–Kier alpha value is -0.120. The molecule has 2 N–H and O–H groups in total. The maximum atomic E-state index is 6.45. The zero-order chi connectivity index (χ0) is 13.3. The lowest BCUT2D eigenvalue weighted by atomic mass is 9.87. The van der Waals surface area contributed by atoms with E-state index in [1.807, 2.05) is 0 Å².